The van der Waals surface area contributed by atoms with Crippen molar-refractivity contribution < 1.29 is 9.53 Å². The summed E-state index contributed by atoms with van der Waals surface area (Å²) in [6.45, 7) is 0.679. The van der Waals surface area contributed by atoms with Crippen molar-refractivity contribution in [2.45, 2.75) is 18.9 Å². The van der Waals surface area contributed by atoms with Gasteiger partial charge in [0.15, 0.2) is 0 Å². The lowest BCUT2D eigenvalue weighted by atomic mass is 9.81. The van der Waals surface area contributed by atoms with E-state index >= 15 is 0 Å². The third-order valence-corrected chi connectivity index (χ3v) is 3.07. The molecule has 0 aliphatic heterocycles. The molecule has 1 fully saturated rings. The molecule has 5 nitrogen and oxygen atoms in total. The van der Waals surface area contributed by atoms with Gasteiger partial charge in [-0.1, -0.05) is 0 Å². The number of nitrogens with zero attached hydrogens (tertiary/aromatic N) is 1. The maximum absolute atomic E-state index is 11.9. The van der Waals surface area contributed by atoms with Crippen LogP contribution in [0.5, 0.6) is 5.75 Å². The average molecular weight is 235 g/mol. The smallest absolute Gasteiger partial charge is 0.255 e. The maximum Gasteiger partial charge on any atom is 0.255 e. The number of ether oxygens (including phenoxy) is 1. The molecule has 0 bridgehead atoms. The van der Waals surface area contributed by atoms with E-state index in [1.54, 1.807) is 12.3 Å². The highest BCUT2D eigenvalue weighted by Gasteiger charge is 2.26. The molecule has 0 radical (unpaired) electrons. The predicted octanol–water partition coefficient (Wildman–Crippen LogP) is 0.557. The molecule has 1 aliphatic rings. The molecule has 92 valence electrons. The molecule has 1 saturated carbocycles. The summed E-state index contributed by atoms with van der Waals surface area (Å²) in [6.07, 6.45) is 5.10. The van der Waals surface area contributed by atoms with Crippen molar-refractivity contribution in [2.75, 3.05) is 13.7 Å². The van der Waals surface area contributed by atoms with Crippen molar-refractivity contribution in [1.82, 2.24) is 10.3 Å². The zero-order valence-electron chi connectivity index (χ0n) is 9.85. The summed E-state index contributed by atoms with van der Waals surface area (Å²) >= 11 is 0. The number of amides is 1. The van der Waals surface area contributed by atoms with Crippen LogP contribution in [0.2, 0.25) is 0 Å². The number of nitrogens with one attached hydrogen (secondary N) is 1. The number of nitrogens with two attached hydrogens (primary N) is 1. The maximum atomic E-state index is 11.9. The third kappa shape index (κ3) is 2.74. The fourth-order valence-corrected chi connectivity index (χ4v) is 2.02. The van der Waals surface area contributed by atoms with Gasteiger partial charge in [-0.3, -0.25) is 9.78 Å². The second-order valence-corrected chi connectivity index (χ2v) is 4.38. The number of aromatic nitrogens is 1. The van der Waals surface area contributed by atoms with Gasteiger partial charge in [-0.05, 0) is 24.8 Å². The Morgan fingerprint density at radius 1 is 1.65 bits per heavy atom. The van der Waals surface area contributed by atoms with Crippen molar-refractivity contribution >= 4 is 5.91 Å². The van der Waals surface area contributed by atoms with Gasteiger partial charge in [-0.15, -0.1) is 0 Å². The Morgan fingerprint density at radius 2 is 2.41 bits per heavy atom. The van der Waals surface area contributed by atoms with E-state index in [1.807, 2.05) is 0 Å². The van der Waals surface area contributed by atoms with Crippen LogP contribution in [0.25, 0.3) is 0 Å². The lowest BCUT2D eigenvalue weighted by molar-refractivity contribution is 0.0932. The molecule has 0 saturated heterocycles. The van der Waals surface area contributed by atoms with Gasteiger partial charge >= 0.3 is 0 Å². The fourth-order valence-electron chi connectivity index (χ4n) is 2.02. The first kappa shape index (κ1) is 11.9. The van der Waals surface area contributed by atoms with Gasteiger partial charge in [-0.2, -0.15) is 0 Å². The van der Waals surface area contributed by atoms with Crippen molar-refractivity contribution in [2.24, 2.45) is 11.7 Å². The van der Waals surface area contributed by atoms with Crippen molar-refractivity contribution in [3.8, 4) is 5.75 Å². The molecular formula is C12H17N3O2. The Hall–Kier alpha value is -1.62. The van der Waals surface area contributed by atoms with Gasteiger partial charge in [-0.25, -0.2) is 0 Å². The molecule has 0 spiro atoms. The van der Waals surface area contributed by atoms with E-state index in [9.17, 15) is 4.79 Å². The van der Waals surface area contributed by atoms with E-state index in [-0.39, 0.29) is 5.91 Å². The van der Waals surface area contributed by atoms with Crippen LogP contribution in [0.1, 0.15) is 23.2 Å². The van der Waals surface area contributed by atoms with Crippen molar-refractivity contribution in [3.05, 3.63) is 24.0 Å². The van der Waals surface area contributed by atoms with Crippen LogP contribution in [0.4, 0.5) is 0 Å². The van der Waals surface area contributed by atoms with Crippen molar-refractivity contribution in [1.29, 1.82) is 0 Å². The number of carbonyl (C=O) groups excluding carboxylic acids is 1. The lowest BCUT2D eigenvalue weighted by Gasteiger charge is -2.32. The monoisotopic (exact) mass is 235 g/mol. The van der Waals surface area contributed by atoms with Crippen LogP contribution >= 0.6 is 0 Å². The SMILES string of the molecule is COc1cnccc1C(=O)NCC1CC(N)C1. The number of pyridine rings is 1. The molecule has 5 heteroatoms. The molecule has 0 aromatic carbocycles. The summed E-state index contributed by atoms with van der Waals surface area (Å²) in [5, 5.41) is 2.89. The molecule has 0 unspecified atom stereocenters. The Kier molecular flexibility index (Phi) is 3.58. The highest BCUT2D eigenvalue weighted by atomic mass is 16.5. The standard InChI is InChI=1S/C12H17N3O2/c1-17-11-7-14-3-2-10(11)12(16)15-6-8-4-9(13)5-8/h2-3,7-9H,4-6,13H2,1H3,(H,15,16). The first-order chi connectivity index (χ1) is 8.20. The summed E-state index contributed by atoms with van der Waals surface area (Å²) in [7, 11) is 1.53. The highest BCUT2D eigenvalue weighted by Crippen LogP contribution is 2.24. The van der Waals surface area contributed by atoms with Crippen LogP contribution in [0, 0.1) is 5.92 Å². The molecule has 17 heavy (non-hydrogen) atoms. The van der Waals surface area contributed by atoms with E-state index in [1.165, 1.54) is 13.3 Å². The van der Waals surface area contributed by atoms with Gasteiger partial charge in [0.05, 0.1) is 18.9 Å². The fraction of sp³-hybridized carbons (Fsp3) is 0.500. The minimum absolute atomic E-state index is 0.121. The van der Waals surface area contributed by atoms with E-state index in [2.05, 4.69) is 10.3 Å². The first-order valence-electron chi connectivity index (χ1n) is 5.72. The molecule has 2 rings (SSSR count). The van der Waals surface area contributed by atoms with Crippen LogP contribution in [0.15, 0.2) is 18.5 Å². The Morgan fingerprint density at radius 3 is 3.06 bits per heavy atom. The molecule has 3 N–H and O–H groups in total. The van der Waals surface area contributed by atoms with Crippen LogP contribution < -0.4 is 15.8 Å². The van der Waals surface area contributed by atoms with E-state index < -0.39 is 0 Å². The Labute approximate surface area is 100 Å². The normalized spacial score (nSPS) is 22.7. The second-order valence-electron chi connectivity index (χ2n) is 4.38. The summed E-state index contributed by atoms with van der Waals surface area (Å²) in [5.41, 5.74) is 6.21. The number of hydrogen-bond acceptors (Lipinski definition) is 4. The van der Waals surface area contributed by atoms with Gasteiger partial charge in [0.2, 0.25) is 0 Å². The summed E-state index contributed by atoms with van der Waals surface area (Å²) < 4.78 is 5.09. The van der Waals surface area contributed by atoms with E-state index in [0.717, 1.165) is 12.8 Å². The van der Waals surface area contributed by atoms with Crippen molar-refractivity contribution in [3.63, 3.8) is 0 Å². The molecule has 1 aromatic heterocycles. The van der Waals surface area contributed by atoms with Crippen LogP contribution in [-0.2, 0) is 0 Å². The molecule has 0 atom stereocenters. The lowest BCUT2D eigenvalue weighted by Crippen LogP contribution is -2.42. The minimum atomic E-state index is -0.121. The van der Waals surface area contributed by atoms with Gasteiger partial charge < -0.3 is 15.8 Å². The molecule has 1 amide bonds. The Bertz CT molecular complexity index is 402. The number of rotatable bonds is 4. The van der Waals surface area contributed by atoms with Gasteiger partial charge in [0, 0.05) is 18.8 Å². The molecule has 1 aromatic rings. The second kappa shape index (κ2) is 5.14. The van der Waals surface area contributed by atoms with Crippen LogP contribution in [-0.4, -0.2) is 30.6 Å². The van der Waals surface area contributed by atoms with E-state index in [0.29, 0.717) is 29.8 Å². The Balaban J connectivity index is 1.90. The quantitative estimate of drug-likeness (QED) is 0.799. The minimum Gasteiger partial charge on any atom is -0.494 e. The molecule has 1 heterocycles. The average Bonchev–Trinajstić information content (AvgIpc) is 2.32. The topological polar surface area (TPSA) is 77.2 Å². The zero-order chi connectivity index (χ0) is 12.3. The van der Waals surface area contributed by atoms with E-state index in [4.69, 9.17) is 10.5 Å². The zero-order valence-corrected chi connectivity index (χ0v) is 9.85. The van der Waals surface area contributed by atoms with Crippen LogP contribution in [0.3, 0.4) is 0 Å². The molecular weight excluding hydrogens is 218 g/mol. The highest BCUT2D eigenvalue weighted by molar-refractivity contribution is 5.96. The number of hydrogen-bond donors (Lipinski definition) is 2. The summed E-state index contributed by atoms with van der Waals surface area (Å²) in [5.74, 6) is 0.891. The first-order valence-corrected chi connectivity index (χ1v) is 5.72. The third-order valence-electron chi connectivity index (χ3n) is 3.07. The number of carbonyl (C=O) groups is 1. The summed E-state index contributed by atoms with van der Waals surface area (Å²) in [6, 6.07) is 1.97. The predicted molar refractivity (Wildman–Crippen MR) is 63.8 cm³/mol. The van der Waals surface area contributed by atoms with Gasteiger partial charge in [0.1, 0.15) is 5.75 Å². The summed E-state index contributed by atoms with van der Waals surface area (Å²) in [4.78, 5) is 15.8. The largest absolute Gasteiger partial charge is 0.494 e. The number of methoxy groups -OCH3 is 1. The molecule has 1 aliphatic carbocycles. The van der Waals surface area contributed by atoms with Gasteiger partial charge in [0.25, 0.3) is 5.91 Å².